The van der Waals surface area contributed by atoms with Gasteiger partial charge in [0.1, 0.15) is 120 Å². The summed E-state index contributed by atoms with van der Waals surface area (Å²) in [7, 11) is 1.47. The second-order valence-corrected chi connectivity index (χ2v) is 35.0. The normalized spacial score (nSPS) is 28.9. The van der Waals surface area contributed by atoms with Crippen molar-refractivity contribution in [3.05, 3.63) is 175 Å². The van der Waals surface area contributed by atoms with Crippen LogP contribution in [-0.4, -0.2) is 256 Å². The average Bonchev–Trinajstić information content (AvgIpc) is 0.760. The number of rotatable bonds is 24. The molecule has 7 heterocycles. The molecule has 8 aliphatic rings. The molecule has 23 atom stereocenters. The smallest absolute Gasteiger partial charge is 0.330 e. The summed E-state index contributed by atoms with van der Waals surface area (Å²) in [4.78, 5) is 120. The predicted molar refractivity (Wildman–Crippen MR) is 463 cm³/mol. The Kier molecular flexibility index (Phi) is 31.1. The quantitative estimate of drug-likeness (QED) is 0.0384. The highest BCUT2D eigenvalue weighted by Gasteiger charge is 2.53. The molecule has 39 nitrogen and oxygen atoms in total. The number of likely N-dealkylation sites (N-methyl/N-ethyl adjacent to an activating group) is 1. The molecule has 25 N–H and O–H groups in total. The van der Waals surface area contributed by atoms with Gasteiger partial charge in [0, 0.05) is 46.9 Å². The van der Waals surface area contributed by atoms with E-state index in [-0.39, 0.29) is 66.8 Å². The largest absolute Gasteiger partial charge is 0.507 e. The van der Waals surface area contributed by atoms with Crippen LogP contribution in [0.15, 0.2) is 121 Å². The molecule has 42 heteroatoms. The van der Waals surface area contributed by atoms with Crippen LogP contribution in [0.25, 0.3) is 22.3 Å². The summed E-state index contributed by atoms with van der Waals surface area (Å²) in [5.74, 6) is -17.3. The SMILES string of the molecule is CN[C@H](CC(C)C)C(=O)N[C@H]1C(=O)N[C@@H](CC(N)=O)C(=O)N[C@H]2C(=O)N[C@@H]3C(=O)N[C@H](C(=O)N[C@H](C(=O)O)c4cc(O)c(CNCCO[C@H]5OC(CO)[C@@H](O)[C@H](O)C5O)c(O)c4-c4cc3ccc4O)[C@H](O)c3ccc(c(Cl)c3)Oc3cc2cc(c3O[C@@H]2O[C@H](CO)C(O)C(O)[C@H]2O[C@@H]2C[C@@H](C)[C@@H](O)C(C)(NCc3ccc(-c4ccc(Cl)cc4)cc3)C2)Oc2ccc(cc2Cl)[C@H]1O. The first kappa shape index (κ1) is 97.8. The molecule has 7 aromatic carbocycles. The fraction of sp³-hybridized carbons (Fsp3) is 0.438. The molecule has 0 spiro atoms. The van der Waals surface area contributed by atoms with Crippen LogP contribution in [0.3, 0.4) is 0 Å². The molecule has 704 valence electrons. The van der Waals surface area contributed by atoms with E-state index in [0.29, 0.717) is 5.02 Å². The van der Waals surface area contributed by atoms with E-state index in [0.717, 1.165) is 77.4 Å². The monoisotopic (exact) mass is 1880 g/mol. The van der Waals surface area contributed by atoms with Gasteiger partial charge in [-0.1, -0.05) is 110 Å². The molecule has 7 aliphatic heterocycles. The molecule has 1 aliphatic carbocycles. The first-order valence-electron chi connectivity index (χ1n) is 42.0. The highest BCUT2D eigenvalue weighted by atomic mass is 35.5. The number of fused-ring (bicyclic) bond motifs is 15. The first-order valence-corrected chi connectivity index (χ1v) is 43.2. The van der Waals surface area contributed by atoms with Crippen molar-refractivity contribution >= 4 is 82.1 Å². The van der Waals surface area contributed by atoms with E-state index in [1.54, 1.807) is 26.0 Å². The number of nitrogens with one attached hydrogen (secondary N) is 9. The third-order valence-electron chi connectivity index (χ3n) is 24.0. The number of amides is 7. The van der Waals surface area contributed by atoms with Crippen LogP contribution >= 0.6 is 34.8 Å². The number of carboxylic acids is 1. The zero-order valence-corrected chi connectivity index (χ0v) is 73.3. The number of hydrogen-bond acceptors (Lipinski definition) is 31. The van der Waals surface area contributed by atoms with Crippen molar-refractivity contribution in [2.24, 2.45) is 17.6 Å². The van der Waals surface area contributed by atoms with Crippen molar-refractivity contribution in [3.63, 3.8) is 0 Å². The number of phenols is 3. The van der Waals surface area contributed by atoms with Crippen molar-refractivity contribution in [3.8, 4) is 68.2 Å². The molecule has 131 heavy (non-hydrogen) atoms. The Labute approximate surface area is 763 Å². The summed E-state index contributed by atoms with van der Waals surface area (Å²) in [5, 5.41) is 185. The molecule has 7 aromatic rings. The molecule has 11 bridgehead atoms. The minimum Gasteiger partial charge on any atom is -0.507 e. The summed E-state index contributed by atoms with van der Waals surface area (Å²) in [6.45, 7) is 4.51. The molecule has 5 unspecified atom stereocenters. The van der Waals surface area contributed by atoms with Crippen LogP contribution in [0.5, 0.6) is 46.0 Å². The number of aliphatic carboxylic acids is 1. The summed E-state index contributed by atoms with van der Waals surface area (Å²) in [5.41, 5.74) is 3.56. The van der Waals surface area contributed by atoms with E-state index in [4.69, 9.17) is 73.7 Å². The first-order chi connectivity index (χ1) is 62.3. The van der Waals surface area contributed by atoms with Gasteiger partial charge in [0.2, 0.25) is 53.4 Å². The van der Waals surface area contributed by atoms with Gasteiger partial charge in [-0.05, 0) is 151 Å². The van der Waals surface area contributed by atoms with Gasteiger partial charge in [-0.25, -0.2) is 4.79 Å². The maximum absolute atomic E-state index is 16.5. The van der Waals surface area contributed by atoms with Crippen molar-refractivity contribution in [1.82, 2.24) is 47.9 Å². The van der Waals surface area contributed by atoms with Crippen molar-refractivity contribution in [1.29, 1.82) is 0 Å². The average molecular weight is 1880 g/mol. The van der Waals surface area contributed by atoms with Gasteiger partial charge in [0.05, 0.1) is 60.1 Å². The Hall–Kier alpha value is -10.7. The van der Waals surface area contributed by atoms with Gasteiger partial charge >= 0.3 is 5.97 Å². The Morgan fingerprint density at radius 2 is 1.21 bits per heavy atom. The number of aliphatic hydroxyl groups is 10. The van der Waals surface area contributed by atoms with E-state index in [9.17, 15) is 85.9 Å². The molecular weight excluding hydrogens is 1780 g/mol. The van der Waals surface area contributed by atoms with E-state index < -0.39 is 292 Å². The summed E-state index contributed by atoms with van der Waals surface area (Å²) < 4.78 is 44.7. The van der Waals surface area contributed by atoms with Gasteiger partial charge in [-0.3, -0.25) is 33.6 Å². The third kappa shape index (κ3) is 21.7. The minimum absolute atomic E-state index is 0.0236. The molecule has 7 amide bonds. The number of carbonyl (C=O) groups is 8. The number of ether oxygens (including phenoxy) is 7. The number of phenolic OH excluding ortho intramolecular Hbond substituents is 3. The number of benzene rings is 7. The Bertz CT molecular complexity index is 5400. The van der Waals surface area contributed by atoms with Gasteiger partial charge in [0.15, 0.2) is 23.8 Å². The third-order valence-corrected chi connectivity index (χ3v) is 24.9. The second kappa shape index (κ2) is 41.6. The predicted octanol–water partition coefficient (Wildman–Crippen LogP) is 1.83. The van der Waals surface area contributed by atoms with Crippen LogP contribution in [0.2, 0.25) is 15.1 Å². The number of carbonyl (C=O) groups excluding carboxylic acids is 7. The molecule has 2 saturated heterocycles. The summed E-state index contributed by atoms with van der Waals surface area (Å²) in [6, 6.07) is 12.9. The van der Waals surface area contributed by atoms with Gasteiger partial charge in [-0.15, -0.1) is 0 Å². The second-order valence-electron chi connectivity index (χ2n) is 33.8. The van der Waals surface area contributed by atoms with Crippen LogP contribution in [-0.2, 0) is 70.4 Å². The zero-order valence-electron chi connectivity index (χ0n) is 71.0. The van der Waals surface area contributed by atoms with Crippen molar-refractivity contribution in [2.45, 2.75) is 200 Å². The van der Waals surface area contributed by atoms with E-state index in [1.807, 2.05) is 50.2 Å². The molecule has 15 rings (SSSR count). The lowest BCUT2D eigenvalue weighted by Crippen LogP contribution is -2.64. The van der Waals surface area contributed by atoms with Crippen molar-refractivity contribution < 1.29 is 143 Å². The topological polar surface area (TPSA) is 619 Å². The molecular formula is C89H103Cl3N10O29. The highest BCUT2D eigenvalue weighted by molar-refractivity contribution is 6.32. The number of primary amides is 1. The van der Waals surface area contributed by atoms with Crippen LogP contribution in [0.1, 0.15) is 123 Å². The van der Waals surface area contributed by atoms with E-state index in [1.165, 1.54) is 19.2 Å². The molecule has 0 aromatic heterocycles. The maximum Gasteiger partial charge on any atom is 0.330 e. The van der Waals surface area contributed by atoms with E-state index >= 15 is 24.0 Å². The summed E-state index contributed by atoms with van der Waals surface area (Å²) >= 11 is 20.6. The molecule has 0 radical (unpaired) electrons. The van der Waals surface area contributed by atoms with Gasteiger partial charge in [0.25, 0.3) is 0 Å². The summed E-state index contributed by atoms with van der Waals surface area (Å²) in [6.07, 6.45) is -24.9. The van der Waals surface area contributed by atoms with Gasteiger partial charge < -0.3 is 158 Å². The Morgan fingerprint density at radius 1 is 0.626 bits per heavy atom. The van der Waals surface area contributed by atoms with Crippen LogP contribution in [0, 0.1) is 11.8 Å². The number of halogens is 3. The zero-order chi connectivity index (χ0) is 94.6. The van der Waals surface area contributed by atoms with E-state index in [2.05, 4.69) is 47.9 Å². The van der Waals surface area contributed by atoms with Crippen LogP contribution < -0.4 is 67.8 Å². The number of aromatic hydroxyl groups is 3. The maximum atomic E-state index is 16.5. The Morgan fingerprint density at radius 3 is 1.82 bits per heavy atom. The molecule has 3 fully saturated rings. The number of aliphatic hydroxyl groups excluding tert-OH is 10. The standard InChI is InChI=1S/C89H103Cl3N10O29/c1-36(2)22-52(94-5)80(117)101-67-69(108)42-13-18-56(50(91)25-42)127-58-27-44-28-59(77(58)131-88-78(75(114)73(112)61(35-104)130-88)126-46-23-37(3)79(116)89(4,31-46)96-32-38-6-8-39(9-7-38)40-10-15-45(90)16-11-40)128-57-19-14-43(26-51(57)92)70(109)68-85(122)100-66(86(123)124)48-29-55(106)49(33-95-20-21-125-87-76(115)74(113)72(111)60(34-103)129-87)71(110)63(48)47-24-41(12-17-54(47)105)64(82(119)102-68)99-83(120)65(44)98-81(118)53(30-62(93)107)97-84(67)121/h6-19,24-29,36-37,46,52-53,60-61,64-70,72-76,78-79,87-88,94-96,103-106,108-116H,20-23,30-35H2,1-5H3,(H2,93,107)(H,97,121)(H,98,118)(H,99,120)(H,100,122)(H,101,117)(H,102,119)(H,123,124)/t37-,46-,52-,53+,60?,61-,64+,65-,66+,67-,68+,69-,70-,72-,73?,74+,75?,76?,78-,79-,87+,88+,89?/m1/s1. The van der Waals surface area contributed by atoms with Crippen molar-refractivity contribution in [2.75, 3.05) is 33.4 Å². The fourth-order valence-corrected chi connectivity index (χ4v) is 17.5. The lowest BCUT2D eigenvalue weighted by Gasteiger charge is -2.48. The Balaban J connectivity index is 0.962. The highest BCUT2D eigenvalue weighted by Crippen LogP contribution is 2.51. The number of hydrogen-bond donors (Lipinski definition) is 24. The van der Waals surface area contributed by atoms with Crippen LogP contribution in [0.4, 0.5) is 0 Å². The van der Waals surface area contributed by atoms with Gasteiger partial charge in [-0.2, -0.15) is 0 Å². The fourth-order valence-electron chi connectivity index (χ4n) is 16.9. The lowest BCUT2D eigenvalue weighted by molar-refractivity contribution is -0.300. The number of nitrogens with two attached hydrogens (primary N) is 1. The number of carboxylic acid groups (broad SMARTS) is 1. The lowest BCUT2D eigenvalue weighted by atomic mass is 9.73. The minimum atomic E-state index is -2.42. The molecule has 1 saturated carbocycles.